The van der Waals surface area contributed by atoms with E-state index in [0.717, 1.165) is 15.6 Å². The Hall–Kier alpha value is -1.19. The van der Waals surface area contributed by atoms with E-state index in [9.17, 15) is 4.39 Å². The molecule has 0 fully saturated rings. The lowest BCUT2D eigenvalue weighted by atomic mass is 9.92. The van der Waals surface area contributed by atoms with Crippen molar-refractivity contribution in [3.8, 4) is 0 Å². The largest absolute Gasteiger partial charge is 0.324 e. The van der Waals surface area contributed by atoms with Crippen molar-refractivity contribution < 1.29 is 4.39 Å². The van der Waals surface area contributed by atoms with Gasteiger partial charge >= 0.3 is 0 Å². The van der Waals surface area contributed by atoms with E-state index >= 15 is 0 Å². The smallest absolute Gasteiger partial charge is 0.123 e. The lowest BCUT2D eigenvalue weighted by Crippen LogP contribution is -2.16. The molecule has 19 heavy (non-hydrogen) atoms. The fourth-order valence-electron chi connectivity index (χ4n) is 2.45. The molecule has 2 aromatic rings. The zero-order chi connectivity index (χ0) is 14.0. The van der Waals surface area contributed by atoms with Crippen LogP contribution in [0.25, 0.3) is 0 Å². The van der Waals surface area contributed by atoms with Crippen LogP contribution >= 0.6 is 15.9 Å². The van der Waals surface area contributed by atoms with Gasteiger partial charge in [0.05, 0.1) is 0 Å². The van der Waals surface area contributed by atoms with Gasteiger partial charge in [-0.25, -0.2) is 4.39 Å². The molecule has 0 amide bonds. The van der Waals surface area contributed by atoms with Gasteiger partial charge in [-0.3, -0.25) is 0 Å². The molecule has 2 rings (SSSR count). The zero-order valence-electron chi connectivity index (χ0n) is 11.1. The van der Waals surface area contributed by atoms with E-state index in [1.54, 1.807) is 6.07 Å². The molecule has 3 heteroatoms. The van der Waals surface area contributed by atoms with E-state index in [2.05, 4.69) is 41.9 Å². The minimum absolute atomic E-state index is 0.126. The third kappa shape index (κ3) is 3.23. The van der Waals surface area contributed by atoms with Crippen LogP contribution < -0.4 is 5.73 Å². The van der Waals surface area contributed by atoms with Gasteiger partial charge in [0.2, 0.25) is 0 Å². The minimum atomic E-state index is -0.230. The fraction of sp³-hybridized carbons (Fsp3) is 0.250. The second kappa shape index (κ2) is 5.85. The molecule has 1 unspecified atom stereocenters. The van der Waals surface area contributed by atoms with Gasteiger partial charge in [0.25, 0.3) is 0 Å². The second-order valence-electron chi connectivity index (χ2n) is 4.85. The molecule has 0 spiro atoms. The summed E-state index contributed by atoms with van der Waals surface area (Å²) in [6.45, 7) is 4.12. The topological polar surface area (TPSA) is 26.0 Å². The maximum atomic E-state index is 13.3. The van der Waals surface area contributed by atoms with E-state index < -0.39 is 0 Å². The second-order valence-corrected chi connectivity index (χ2v) is 5.71. The molecule has 0 aliphatic heterocycles. The molecule has 100 valence electrons. The van der Waals surface area contributed by atoms with E-state index in [-0.39, 0.29) is 11.9 Å². The first-order valence-corrected chi connectivity index (χ1v) is 7.04. The van der Waals surface area contributed by atoms with Gasteiger partial charge in [-0.2, -0.15) is 0 Å². The summed E-state index contributed by atoms with van der Waals surface area (Å²) in [5.74, 6) is -0.230. The average molecular weight is 322 g/mol. The molecule has 0 aromatic heterocycles. The van der Waals surface area contributed by atoms with Crippen LogP contribution in [-0.2, 0) is 6.42 Å². The Labute approximate surface area is 121 Å². The standard InChI is InChI=1S/C16H17BrFN/c1-10-4-3-5-11(2)16(10)15(19)9-12-8-13(18)6-7-14(12)17/h3-8,15H,9,19H2,1-2H3. The van der Waals surface area contributed by atoms with E-state index in [0.29, 0.717) is 6.42 Å². The zero-order valence-corrected chi connectivity index (χ0v) is 12.7. The van der Waals surface area contributed by atoms with Gasteiger partial charge in [0.1, 0.15) is 5.82 Å². The predicted octanol–water partition coefficient (Wildman–Crippen LogP) is 4.45. The van der Waals surface area contributed by atoms with Crippen molar-refractivity contribution in [1.82, 2.24) is 0 Å². The van der Waals surface area contributed by atoms with Crippen molar-refractivity contribution in [2.24, 2.45) is 5.73 Å². The van der Waals surface area contributed by atoms with Gasteiger partial charge in [-0.1, -0.05) is 34.1 Å². The van der Waals surface area contributed by atoms with Crippen LogP contribution in [0.15, 0.2) is 40.9 Å². The van der Waals surface area contributed by atoms with Gasteiger partial charge in [0.15, 0.2) is 0 Å². The van der Waals surface area contributed by atoms with E-state index in [4.69, 9.17) is 5.73 Å². The summed E-state index contributed by atoms with van der Waals surface area (Å²) in [4.78, 5) is 0. The van der Waals surface area contributed by atoms with Crippen molar-refractivity contribution in [2.45, 2.75) is 26.3 Å². The number of halogens is 2. The first-order chi connectivity index (χ1) is 8.99. The first kappa shape index (κ1) is 14.2. The highest BCUT2D eigenvalue weighted by Gasteiger charge is 2.14. The first-order valence-electron chi connectivity index (χ1n) is 6.24. The molecular weight excluding hydrogens is 305 g/mol. The van der Waals surface area contributed by atoms with E-state index in [1.807, 2.05) is 6.07 Å². The molecule has 2 aromatic carbocycles. The van der Waals surface area contributed by atoms with Crippen LogP contribution in [0.4, 0.5) is 4.39 Å². The van der Waals surface area contributed by atoms with Crippen molar-refractivity contribution in [3.63, 3.8) is 0 Å². The van der Waals surface area contributed by atoms with Crippen LogP contribution in [-0.4, -0.2) is 0 Å². The highest BCUT2D eigenvalue weighted by Crippen LogP contribution is 2.26. The lowest BCUT2D eigenvalue weighted by Gasteiger charge is -2.18. The third-order valence-corrected chi connectivity index (χ3v) is 4.13. The number of rotatable bonds is 3. The Balaban J connectivity index is 2.31. The summed E-state index contributed by atoms with van der Waals surface area (Å²) in [5, 5.41) is 0. The quantitative estimate of drug-likeness (QED) is 0.888. The highest BCUT2D eigenvalue weighted by molar-refractivity contribution is 9.10. The van der Waals surface area contributed by atoms with Gasteiger partial charge in [-0.15, -0.1) is 0 Å². The number of hydrogen-bond acceptors (Lipinski definition) is 1. The van der Waals surface area contributed by atoms with Gasteiger partial charge in [0, 0.05) is 10.5 Å². The van der Waals surface area contributed by atoms with Gasteiger partial charge < -0.3 is 5.73 Å². The van der Waals surface area contributed by atoms with Crippen molar-refractivity contribution >= 4 is 15.9 Å². The molecule has 2 N–H and O–H groups in total. The summed E-state index contributed by atoms with van der Waals surface area (Å²) < 4.78 is 14.2. The SMILES string of the molecule is Cc1cccc(C)c1C(N)Cc1cc(F)ccc1Br. The maximum absolute atomic E-state index is 13.3. The van der Waals surface area contributed by atoms with Gasteiger partial charge in [-0.05, 0) is 60.7 Å². The normalized spacial score (nSPS) is 12.5. The Morgan fingerprint density at radius 3 is 2.42 bits per heavy atom. The number of aryl methyl sites for hydroxylation is 2. The van der Waals surface area contributed by atoms with Crippen LogP contribution in [0.1, 0.15) is 28.3 Å². The number of benzene rings is 2. The molecule has 0 aliphatic rings. The molecule has 1 atom stereocenters. The van der Waals surface area contributed by atoms with Crippen LogP contribution in [0.3, 0.4) is 0 Å². The Kier molecular flexibility index (Phi) is 4.38. The molecule has 1 nitrogen and oxygen atoms in total. The summed E-state index contributed by atoms with van der Waals surface area (Å²) in [6.07, 6.45) is 0.615. The molecule has 0 saturated carbocycles. The van der Waals surface area contributed by atoms with Crippen molar-refractivity contribution in [1.29, 1.82) is 0 Å². The number of nitrogens with two attached hydrogens (primary N) is 1. The molecule has 0 saturated heterocycles. The van der Waals surface area contributed by atoms with Crippen LogP contribution in [0.2, 0.25) is 0 Å². The molecule has 0 bridgehead atoms. The number of hydrogen-bond donors (Lipinski definition) is 1. The summed E-state index contributed by atoms with van der Waals surface area (Å²) in [7, 11) is 0. The maximum Gasteiger partial charge on any atom is 0.123 e. The molecule has 0 heterocycles. The highest BCUT2D eigenvalue weighted by atomic mass is 79.9. The third-order valence-electron chi connectivity index (χ3n) is 3.36. The molecule has 0 aliphatic carbocycles. The Morgan fingerprint density at radius 2 is 1.79 bits per heavy atom. The predicted molar refractivity (Wildman–Crippen MR) is 80.6 cm³/mol. The fourth-order valence-corrected chi connectivity index (χ4v) is 2.86. The Morgan fingerprint density at radius 1 is 1.16 bits per heavy atom. The van der Waals surface area contributed by atoms with Crippen molar-refractivity contribution in [2.75, 3.05) is 0 Å². The molecule has 0 radical (unpaired) electrons. The van der Waals surface area contributed by atoms with E-state index in [1.165, 1.54) is 23.3 Å². The Bertz CT molecular complexity index is 575. The van der Waals surface area contributed by atoms with Crippen LogP contribution in [0.5, 0.6) is 0 Å². The van der Waals surface area contributed by atoms with Crippen LogP contribution in [0, 0.1) is 19.7 Å². The monoisotopic (exact) mass is 321 g/mol. The lowest BCUT2D eigenvalue weighted by molar-refractivity contribution is 0.621. The average Bonchev–Trinajstić information content (AvgIpc) is 2.33. The molecular formula is C16H17BrFN. The summed E-state index contributed by atoms with van der Waals surface area (Å²) in [5.41, 5.74) is 10.7. The summed E-state index contributed by atoms with van der Waals surface area (Å²) >= 11 is 3.45. The summed E-state index contributed by atoms with van der Waals surface area (Å²) in [6, 6.07) is 10.7. The minimum Gasteiger partial charge on any atom is -0.324 e. The van der Waals surface area contributed by atoms with Crippen molar-refractivity contribution in [3.05, 3.63) is 68.9 Å².